The minimum Gasteiger partial charge on any atom is -0.336 e. The van der Waals surface area contributed by atoms with Crippen LogP contribution in [0, 0.1) is 0 Å². The Labute approximate surface area is 190 Å². The van der Waals surface area contributed by atoms with E-state index in [0.29, 0.717) is 37.0 Å². The van der Waals surface area contributed by atoms with Gasteiger partial charge in [0, 0.05) is 50.7 Å². The summed E-state index contributed by atoms with van der Waals surface area (Å²) in [7, 11) is -1.77. The number of hydrogen-bond acceptors (Lipinski definition) is 5. The summed E-state index contributed by atoms with van der Waals surface area (Å²) >= 11 is 1.72. The molecule has 0 radical (unpaired) electrons. The van der Waals surface area contributed by atoms with Crippen molar-refractivity contribution in [2.75, 3.05) is 33.2 Å². The molecule has 0 spiro atoms. The Bertz CT molecular complexity index is 859. The zero-order valence-electron chi connectivity index (χ0n) is 18.4. The van der Waals surface area contributed by atoms with Gasteiger partial charge in [0.25, 0.3) is 16.1 Å². The number of nitrogens with zero attached hydrogens (tertiary/aromatic N) is 4. The van der Waals surface area contributed by atoms with Crippen molar-refractivity contribution in [3.63, 3.8) is 0 Å². The normalized spacial score (nSPS) is 22.3. The van der Waals surface area contributed by atoms with E-state index in [1.807, 2.05) is 12.1 Å². The fourth-order valence-corrected chi connectivity index (χ4v) is 7.78. The smallest absolute Gasteiger partial charge is 0.282 e. The van der Waals surface area contributed by atoms with Crippen LogP contribution in [-0.2, 0) is 10.2 Å². The highest BCUT2D eigenvalue weighted by Gasteiger charge is 2.36. The summed E-state index contributed by atoms with van der Waals surface area (Å²) in [6, 6.07) is 3.77. The molecule has 31 heavy (non-hydrogen) atoms. The summed E-state index contributed by atoms with van der Waals surface area (Å²) in [6.45, 7) is 1.52. The lowest BCUT2D eigenvalue weighted by Crippen LogP contribution is -2.55. The van der Waals surface area contributed by atoms with Gasteiger partial charge in [0.15, 0.2) is 0 Å². The van der Waals surface area contributed by atoms with Crippen LogP contribution in [0.25, 0.3) is 0 Å². The van der Waals surface area contributed by atoms with Crippen LogP contribution >= 0.6 is 11.8 Å². The van der Waals surface area contributed by atoms with Gasteiger partial charge in [-0.2, -0.15) is 17.0 Å². The van der Waals surface area contributed by atoms with E-state index >= 15 is 0 Å². The summed E-state index contributed by atoms with van der Waals surface area (Å²) < 4.78 is 29.3. The van der Waals surface area contributed by atoms with Crippen LogP contribution in [0.1, 0.15) is 68.1 Å². The summed E-state index contributed by atoms with van der Waals surface area (Å²) in [5.74, 6) is -0.0359. The third-order valence-electron chi connectivity index (χ3n) is 6.89. The third-order valence-corrected chi connectivity index (χ3v) is 10.3. The van der Waals surface area contributed by atoms with Crippen molar-refractivity contribution in [3.05, 3.63) is 23.9 Å². The molecule has 3 fully saturated rings. The third kappa shape index (κ3) is 5.26. The van der Waals surface area contributed by atoms with Crippen molar-refractivity contribution in [1.29, 1.82) is 0 Å². The van der Waals surface area contributed by atoms with Gasteiger partial charge in [-0.25, -0.2) is 4.98 Å². The van der Waals surface area contributed by atoms with Crippen molar-refractivity contribution >= 4 is 27.9 Å². The minimum absolute atomic E-state index is 0.0359. The van der Waals surface area contributed by atoms with Gasteiger partial charge in [0.1, 0.15) is 5.03 Å². The highest BCUT2D eigenvalue weighted by atomic mass is 32.2. The molecule has 0 unspecified atom stereocenters. The average molecular weight is 467 g/mol. The fraction of sp³-hybridized carbons (Fsp3) is 0.727. The van der Waals surface area contributed by atoms with Crippen molar-refractivity contribution in [3.8, 4) is 0 Å². The van der Waals surface area contributed by atoms with E-state index < -0.39 is 10.2 Å². The predicted octanol–water partition coefficient (Wildman–Crippen LogP) is 3.38. The standard InChI is InChI=1S/C22H34N4O3S2/c1-24(18-8-3-2-4-9-18)31(28,29)26-16-14-25(15-17-26)22(27)20-12-7-13-23-21(20)30-19-10-5-6-11-19/h7,12-13,18-19H,2-6,8-11,14-17H2,1H3. The van der Waals surface area contributed by atoms with E-state index in [1.165, 1.54) is 32.1 Å². The van der Waals surface area contributed by atoms with Gasteiger partial charge >= 0.3 is 0 Å². The maximum Gasteiger partial charge on any atom is 0.282 e. The van der Waals surface area contributed by atoms with E-state index in [2.05, 4.69) is 4.98 Å². The first kappa shape index (κ1) is 23.0. The van der Waals surface area contributed by atoms with E-state index in [4.69, 9.17) is 0 Å². The molecule has 0 bridgehead atoms. The Morgan fingerprint density at radius 3 is 2.35 bits per heavy atom. The molecule has 0 atom stereocenters. The van der Waals surface area contributed by atoms with E-state index in [-0.39, 0.29) is 11.9 Å². The van der Waals surface area contributed by atoms with Crippen molar-refractivity contribution < 1.29 is 13.2 Å². The molecule has 172 valence electrons. The quantitative estimate of drug-likeness (QED) is 0.643. The second kappa shape index (κ2) is 10.2. The molecule has 3 aliphatic rings. The molecular formula is C22H34N4O3S2. The predicted molar refractivity (Wildman–Crippen MR) is 123 cm³/mol. The molecule has 2 saturated carbocycles. The van der Waals surface area contributed by atoms with Gasteiger partial charge in [-0.1, -0.05) is 32.1 Å². The number of piperazine rings is 1. The van der Waals surface area contributed by atoms with E-state index in [9.17, 15) is 13.2 Å². The van der Waals surface area contributed by atoms with Crippen LogP contribution in [0.15, 0.2) is 23.4 Å². The molecule has 1 aliphatic heterocycles. The van der Waals surface area contributed by atoms with Crippen LogP contribution in [0.3, 0.4) is 0 Å². The number of pyridine rings is 1. The van der Waals surface area contributed by atoms with Gasteiger partial charge < -0.3 is 4.90 Å². The second-order valence-corrected chi connectivity index (χ2v) is 12.2. The molecule has 2 aliphatic carbocycles. The molecule has 1 aromatic heterocycles. The summed E-state index contributed by atoms with van der Waals surface area (Å²) in [6.07, 6.45) is 11.9. The zero-order valence-corrected chi connectivity index (χ0v) is 20.0. The number of carbonyl (C=O) groups excluding carboxylic acids is 1. The maximum absolute atomic E-state index is 13.2. The first-order valence-corrected chi connectivity index (χ1v) is 13.9. The number of carbonyl (C=O) groups is 1. The van der Waals surface area contributed by atoms with Gasteiger partial charge in [0.2, 0.25) is 0 Å². The molecule has 0 aromatic carbocycles. The number of aromatic nitrogens is 1. The van der Waals surface area contributed by atoms with Crippen LogP contribution in [0.5, 0.6) is 0 Å². The summed E-state index contributed by atoms with van der Waals surface area (Å²) in [4.78, 5) is 19.5. The molecule has 4 rings (SSSR count). The highest BCUT2D eigenvalue weighted by Crippen LogP contribution is 2.35. The topological polar surface area (TPSA) is 73.8 Å². The number of thioether (sulfide) groups is 1. The summed E-state index contributed by atoms with van der Waals surface area (Å²) in [5.41, 5.74) is 0.648. The molecule has 1 amide bonds. The van der Waals surface area contributed by atoms with Gasteiger partial charge in [-0.15, -0.1) is 11.8 Å². The van der Waals surface area contributed by atoms with Gasteiger partial charge in [0.05, 0.1) is 5.56 Å². The lowest BCUT2D eigenvalue weighted by molar-refractivity contribution is 0.0688. The highest BCUT2D eigenvalue weighted by molar-refractivity contribution is 7.99. The molecule has 1 aromatic rings. The minimum atomic E-state index is -3.49. The average Bonchev–Trinajstić information content (AvgIpc) is 3.32. The van der Waals surface area contributed by atoms with E-state index in [0.717, 1.165) is 30.7 Å². The monoisotopic (exact) mass is 466 g/mol. The maximum atomic E-state index is 13.2. The first-order valence-electron chi connectivity index (χ1n) is 11.6. The Balaban J connectivity index is 1.38. The number of hydrogen-bond donors (Lipinski definition) is 0. The van der Waals surface area contributed by atoms with Crippen molar-refractivity contribution in [2.24, 2.45) is 0 Å². The number of amides is 1. The van der Waals surface area contributed by atoms with Crippen LogP contribution < -0.4 is 0 Å². The number of rotatable bonds is 6. The van der Waals surface area contributed by atoms with Gasteiger partial charge in [-0.3, -0.25) is 4.79 Å². The Morgan fingerprint density at radius 1 is 1.03 bits per heavy atom. The fourth-order valence-electron chi connectivity index (χ4n) is 4.92. The van der Waals surface area contributed by atoms with Crippen LogP contribution in [-0.4, -0.2) is 77.3 Å². The summed E-state index contributed by atoms with van der Waals surface area (Å²) in [5, 5.41) is 1.35. The Morgan fingerprint density at radius 2 is 1.68 bits per heavy atom. The Hall–Kier alpha value is -1.16. The molecule has 0 N–H and O–H groups in total. The van der Waals surface area contributed by atoms with Gasteiger partial charge in [-0.05, 0) is 37.8 Å². The SMILES string of the molecule is CN(C1CCCCC1)S(=O)(=O)N1CCN(C(=O)c2cccnc2SC2CCCC2)CC1. The van der Waals surface area contributed by atoms with E-state index in [1.54, 1.807) is 38.5 Å². The zero-order chi connectivity index (χ0) is 21.8. The lowest BCUT2D eigenvalue weighted by Gasteiger charge is -2.38. The lowest BCUT2D eigenvalue weighted by atomic mass is 9.96. The molecule has 1 saturated heterocycles. The first-order chi connectivity index (χ1) is 15.0. The molecule has 2 heterocycles. The molecule has 9 heteroatoms. The molecule has 7 nitrogen and oxygen atoms in total. The van der Waals surface area contributed by atoms with Crippen LogP contribution in [0.4, 0.5) is 0 Å². The largest absolute Gasteiger partial charge is 0.336 e. The van der Waals surface area contributed by atoms with Crippen molar-refractivity contribution in [2.45, 2.75) is 74.1 Å². The second-order valence-electron chi connectivity index (χ2n) is 8.89. The molecular weight excluding hydrogens is 432 g/mol. The van der Waals surface area contributed by atoms with Crippen molar-refractivity contribution in [1.82, 2.24) is 18.5 Å². The Kier molecular flexibility index (Phi) is 7.56. The van der Waals surface area contributed by atoms with Crippen LogP contribution in [0.2, 0.25) is 0 Å².